The number of ether oxygens (including phenoxy) is 1. The number of hydrogen-bond donors (Lipinski definition) is 1. The largest absolute Gasteiger partial charge is 0.456 e. The Morgan fingerprint density at radius 2 is 1.95 bits per heavy atom. The topological polar surface area (TPSA) is 34.1 Å². The molecule has 1 aliphatic heterocycles. The molecule has 2 aliphatic rings. The maximum Gasteiger partial charge on any atom is 0.145 e. The smallest absolute Gasteiger partial charge is 0.145 e. The van der Waals surface area contributed by atoms with Crippen molar-refractivity contribution in [2.75, 3.05) is 6.54 Å². The van der Waals surface area contributed by atoms with E-state index >= 15 is 0 Å². The zero-order valence-electron chi connectivity index (χ0n) is 12.4. The lowest BCUT2D eigenvalue weighted by Gasteiger charge is -2.45. The maximum absolute atomic E-state index is 5.89. The lowest BCUT2D eigenvalue weighted by atomic mass is 9.65. The third-order valence-electron chi connectivity index (χ3n) is 4.86. The minimum Gasteiger partial charge on any atom is -0.456 e. The van der Waals surface area contributed by atoms with Crippen LogP contribution < -0.4 is 10.1 Å². The molecular weight excluding hydrogens is 296 g/mol. The van der Waals surface area contributed by atoms with Gasteiger partial charge in [-0.05, 0) is 74.0 Å². The molecule has 1 aliphatic carbocycles. The zero-order chi connectivity index (χ0) is 15.0. The summed E-state index contributed by atoms with van der Waals surface area (Å²) < 4.78 is 5.87. The van der Waals surface area contributed by atoms with Crippen LogP contribution in [0.4, 0.5) is 0 Å². The highest BCUT2D eigenvalue weighted by Gasteiger charge is 2.46. The predicted octanol–water partition coefficient (Wildman–Crippen LogP) is 4.53. The molecule has 2 fully saturated rings. The second-order valence-corrected chi connectivity index (χ2v) is 6.86. The summed E-state index contributed by atoms with van der Waals surface area (Å²) in [6, 6.07) is 9.52. The van der Waals surface area contributed by atoms with Gasteiger partial charge in [-0.25, -0.2) is 0 Å². The molecule has 4 rings (SSSR count). The first-order valence-electron chi connectivity index (χ1n) is 7.86. The highest BCUT2D eigenvalue weighted by atomic mass is 35.5. The molecule has 1 aromatic heterocycles. The summed E-state index contributed by atoms with van der Waals surface area (Å²) in [7, 11) is 0. The van der Waals surface area contributed by atoms with Crippen LogP contribution in [0.5, 0.6) is 11.5 Å². The molecule has 4 heteroatoms. The average Bonchev–Trinajstić information content (AvgIpc) is 2.98. The van der Waals surface area contributed by atoms with Gasteiger partial charge in [0.2, 0.25) is 0 Å². The van der Waals surface area contributed by atoms with Crippen molar-refractivity contribution in [3.8, 4) is 11.5 Å². The van der Waals surface area contributed by atoms with E-state index in [9.17, 15) is 0 Å². The number of hydrogen-bond acceptors (Lipinski definition) is 3. The Labute approximate surface area is 135 Å². The molecule has 2 aromatic rings. The van der Waals surface area contributed by atoms with Gasteiger partial charge >= 0.3 is 0 Å². The maximum atomic E-state index is 5.89. The molecule has 114 valence electrons. The number of aromatic nitrogens is 1. The van der Waals surface area contributed by atoms with Crippen LogP contribution in [0.25, 0.3) is 0 Å². The van der Waals surface area contributed by atoms with Crippen LogP contribution >= 0.6 is 11.6 Å². The zero-order valence-corrected chi connectivity index (χ0v) is 13.1. The molecule has 1 aromatic carbocycles. The summed E-state index contributed by atoms with van der Waals surface area (Å²) in [5.74, 6) is 2.18. The van der Waals surface area contributed by atoms with Crippen LogP contribution in [0.2, 0.25) is 5.02 Å². The van der Waals surface area contributed by atoms with E-state index in [0.717, 1.165) is 11.5 Å². The van der Waals surface area contributed by atoms with Gasteiger partial charge < -0.3 is 10.1 Å². The molecule has 0 amide bonds. The van der Waals surface area contributed by atoms with E-state index in [-0.39, 0.29) is 0 Å². The molecule has 22 heavy (non-hydrogen) atoms. The van der Waals surface area contributed by atoms with E-state index in [1.54, 1.807) is 6.20 Å². The van der Waals surface area contributed by atoms with Crippen molar-refractivity contribution in [1.82, 2.24) is 10.3 Å². The molecule has 1 saturated heterocycles. The first-order valence-corrected chi connectivity index (χ1v) is 8.24. The Bertz CT molecular complexity index is 657. The Morgan fingerprint density at radius 3 is 2.68 bits per heavy atom. The summed E-state index contributed by atoms with van der Waals surface area (Å²) in [4.78, 5) is 4.34. The van der Waals surface area contributed by atoms with Crippen LogP contribution in [0.3, 0.4) is 0 Å². The van der Waals surface area contributed by atoms with Crippen LogP contribution in [-0.2, 0) is 0 Å². The third-order valence-corrected chi connectivity index (χ3v) is 5.11. The molecule has 0 bridgehead atoms. The van der Waals surface area contributed by atoms with Crippen molar-refractivity contribution < 1.29 is 4.74 Å². The number of benzene rings is 1. The third kappa shape index (κ3) is 2.71. The van der Waals surface area contributed by atoms with Crippen molar-refractivity contribution in [2.24, 2.45) is 0 Å². The highest BCUT2D eigenvalue weighted by molar-refractivity contribution is 6.30. The second-order valence-electron chi connectivity index (χ2n) is 6.43. The van der Waals surface area contributed by atoms with Gasteiger partial charge in [0, 0.05) is 16.8 Å². The van der Waals surface area contributed by atoms with E-state index < -0.39 is 0 Å². The molecule has 0 unspecified atom stereocenters. The summed E-state index contributed by atoms with van der Waals surface area (Å²) in [6.07, 6.45) is 8.81. The first kappa shape index (κ1) is 14.0. The molecule has 0 radical (unpaired) electrons. The van der Waals surface area contributed by atoms with Crippen molar-refractivity contribution in [2.45, 2.75) is 37.1 Å². The quantitative estimate of drug-likeness (QED) is 0.904. The molecule has 2 heterocycles. The van der Waals surface area contributed by atoms with Crippen molar-refractivity contribution in [3.05, 3.63) is 53.3 Å². The number of nitrogens with one attached hydrogen (secondary N) is 1. The summed E-state index contributed by atoms with van der Waals surface area (Å²) in [5.41, 5.74) is 1.70. The predicted molar refractivity (Wildman–Crippen MR) is 87.7 cm³/mol. The van der Waals surface area contributed by atoms with Crippen LogP contribution in [0, 0.1) is 0 Å². The molecule has 3 nitrogen and oxygen atoms in total. The molecule has 1 N–H and O–H groups in total. The Morgan fingerprint density at radius 1 is 1.14 bits per heavy atom. The van der Waals surface area contributed by atoms with Gasteiger partial charge in [-0.3, -0.25) is 4.98 Å². The second kappa shape index (κ2) is 5.56. The van der Waals surface area contributed by atoms with Crippen LogP contribution in [0.15, 0.2) is 42.7 Å². The SMILES string of the molecule is Clc1ccc(Oc2cncc(C3CC4(CCCN4)C3)c2)cc1. The van der Waals surface area contributed by atoms with Crippen molar-refractivity contribution in [3.63, 3.8) is 0 Å². The molecule has 1 spiro atoms. The van der Waals surface area contributed by atoms with Crippen molar-refractivity contribution >= 4 is 11.6 Å². The van der Waals surface area contributed by atoms with E-state index in [1.807, 2.05) is 30.5 Å². The van der Waals surface area contributed by atoms with Gasteiger partial charge in [-0.15, -0.1) is 0 Å². The van der Waals surface area contributed by atoms with Crippen LogP contribution in [-0.4, -0.2) is 17.1 Å². The molecular formula is C18H19ClN2O. The Balaban J connectivity index is 1.46. The number of nitrogens with zero attached hydrogens (tertiary/aromatic N) is 1. The van der Waals surface area contributed by atoms with E-state index in [4.69, 9.17) is 16.3 Å². The minimum atomic E-state index is 0.414. The summed E-state index contributed by atoms with van der Waals surface area (Å²) in [6.45, 7) is 1.17. The fourth-order valence-electron chi connectivity index (χ4n) is 3.69. The summed E-state index contributed by atoms with van der Waals surface area (Å²) in [5, 5.41) is 4.38. The van der Waals surface area contributed by atoms with Gasteiger partial charge in [0.15, 0.2) is 0 Å². The van der Waals surface area contributed by atoms with Gasteiger partial charge in [-0.1, -0.05) is 11.6 Å². The monoisotopic (exact) mass is 314 g/mol. The Hall–Kier alpha value is -1.58. The average molecular weight is 315 g/mol. The lowest BCUT2D eigenvalue weighted by Crippen LogP contribution is -2.50. The lowest BCUT2D eigenvalue weighted by molar-refractivity contribution is 0.178. The van der Waals surface area contributed by atoms with Gasteiger partial charge in [0.05, 0.1) is 6.20 Å². The molecule has 1 saturated carbocycles. The fraction of sp³-hybridized carbons (Fsp3) is 0.389. The first-order chi connectivity index (χ1) is 10.7. The van der Waals surface area contributed by atoms with Gasteiger partial charge in [-0.2, -0.15) is 0 Å². The minimum absolute atomic E-state index is 0.414. The molecule has 0 atom stereocenters. The standard InChI is InChI=1S/C18H19ClN2O/c19-15-2-4-16(5-3-15)22-17-8-13(11-20-12-17)14-9-18(10-14)6-1-7-21-18/h2-5,8,11-12,14,21H,1,6-7,9-10H2. The Kier molecular flexibility index (Phi) is 3.55. The van der Waals surface area contributed by atoms with Gasteiger partial charge in [0.1, 0.15) is 11.5 Å². The van der Waals surface area contributed by atoms with E-state index in [2.05, 4.69) is 16.4 Å². The number of rotatable bonds is 3. The van der Waals surface area contributed by atoms with Gasteiger partial charge in [0.25, 0.3) is 0 Å². The number of pyridine rings is 1. The fourth-order valence-corrected chi connectivity index (χ4v) is 3.82. The summed E-state index contributed by atoms with van der Waals surface area (Å²) >= 11 is 5.89. The highest BCUT2D eigenvalue weighted by Crippen LogP contribution is 2.49. The van der Waals surface area contributed by atoms with E-state index in [1.165, 1.54) is 37.8 Å². The van der Waals surface area contributed by atoms with Crippen molar-refractivity contribution in [1.29, 1.82) is 0 Å². The van der Waals surface area contributed by atoms with E-state index in [0.29, 0.717) is 16.5 Å². The van der Waals surface area contributed by atoms with Crippen LogP contribution in [0.1, 0.15) is 37.2 Å². The number of halogens is 1. The normalized spacial score (nSPS) is 26.9.